The summed E-state index contributed by atoms with van der Waals surface area (Å²) in [5.41, 5.74) is 2.24. The van der Waals surface area contributed by atoms with Gasteiger partial charge in [-0.25, -0.2) is 9.97 Å². The maximum Gasteiger partial charge on any atom is 0.231 e. The lowest BCUT2D eigenvalue weighted by molar-refractivity contribution is 0.174. The molecule has 7 nitrogen and oxygen atoms in total. The third-order valence-electron chi connectivity index (χ3n) is 4.38. The van der Waals surface area contributed by atoms with Gasteiger partial charge in [-0.05, 0) is 42.3 Å². The van der Waals surface area contributed by atoms with Crippen LogP contribution in [0.2, 0.25) is 0 Å². The summed E-state index contributed by atoms with van der Waals surface area (Å²) < 4.78 is 16.0. The Morgan fingerprint density at radius 2 is 1.50 bits per heavy atom. The minimum Gasteiger partial charge on any atom is -0.497 e. The van der Waals surface area contributed by atoms with Crippen molar-refractivity contribution in [2.45, 2.75) is 20.0 Å². The summed E-state index contributed by atoms with van der Waals surface area (Å²) in [6, 6.07) is 15.8. The number of aryl methyl sites for hydroxylation is 1. The van der Waals surface area contributed by atoms with Crippen molar-refractivity contribution < 1.29 is 14.2 Å². The molecule has 0 unspecified atom stereocenters. The molecule has 3 aromatic rings. The molecule has 2 N–H and O–H groups in total. The number of hydrogen-bond donors (Lipinski definition) is 2. The number of rotatable bonds is 7. The van der Waals surface area contributed by atoms with Gasteiger partial charge in [0.1, 0.15) is 23.2 Å². The third kappa shape index (κ3) is 4.25. The van der Waals surface area contributed by atoms with Gasteiger partial charge in [0, 0.05) is 19.2 Å². The molecule has 2 heterocycles. The van der Waals surface area contributed by atoms with Gasteiger partial charge in [-0.2, -0.15) is 0 Å². The number of nitrogens with one attached hydrogen (secondary N) is 2. The highest BCUT2D eigenvalue weighted by Crippen LogP contribution is 2.32. The number of methoxy groups -OCH3 is 1. The van der Waals surface area contributed by atoms with Crippen LogP contribution in [0.15, 0.2) is 48.5 Å². The monoisotopic (exact) mass is 378 g/mol. The van der Waals surface area contributed by atoms with Crippen molar-refractivity contribution in [1.82, 2.24) is 9.97 Å². The smallest absolute Gasteiger partial charge is 0.231 e. The van der Waals surface area contributed by atoms with Gasteiger partial charge in [0.15, 0.2) is 11.5 Å². The van der Waals surface area contributed by atoms with Crippen molar-refractivity contribution in [1.29, 1.82) is 0 Å². The average Bonchev–Trinajstić information content (AvgIpc) is 3.19. The molecule has 0 aliphatic carbocycles. The van der Waals surface area contributed by atoms with E-state index in [0.29, 0.717) is 18.9 Å². The lowest BCUT2D eigenvalue weighted by Gasteiger charge is -2.11. The number of aromatic nitrogens is 2. The molecule has 4 rings (SSSR count). The molecule has 0 radical (unpaired) electrons. The number of fused-ring (bicyclic) bond motifs is 1. The first-order valence-electron chi connectivity index (χ1n) is 9.04. The van der Waals surface area contributed by atoms with E-state index in [9.17, 15) is 0 Å². The predicted molar refractivity (Wildman–Crippen MR) is 107 cm³/mol. The van der Waals surface area contributed by atoms with Crippen molar-refractivity contribution in [3.8, 4) is 17.2 Å². The van der Waals surface area contributed by atoms with Crippen LogP contribution in [0.4, 0.5) is 11.6 Å². The lowest BCUT2D eigenvalue weighted by atomic mass is 10.2. The van der Waals surface area contributed by atoms with Gasteiger partial charge in [-0.3, -0.25) is 0 Å². The first-order chi connectivity index (χ1) is 13.7. The molecule has 0 bridgehead atoms. The van der Waals surface area contributed by atoms with Crippen LogP contribution in [-0.2, 0) is 13.1 Å². The Labute approximate surface area is 163 Å². The summed E-state index contributed by atoms with van der Waals surface area (Å²) in [4.78, 5) is 8.93. The molecule has 28 heavy (non-hydrogen) atoms. The quantitative estimate of drug-likeness (QED) is 0.648. The number of anilines is 2. The molecule has 1 aromatic heterocycles. The minimum absolute atomic E-state index is 0.278. The fourth-order valence-electron chi connectivity index (χ4n) is 2.93. The molecule has 0 atom stereocenters. The number of ether oxygens (including phenoxy) is 3. The predicted octanol–water partition coefficient (Wildman–Crippen LogP) is 3.75. The fraction of sp³-hybridized carbons (Fsp3) is 0.238. The third-order valence-corrected chi connectivity index (χ3v) is 4.38. The van der Waals surface area contributed by atoms with E-state index in [-0.39, 0.29) is 6.79 Å². The maximum absolute atomic E-state index is 5.42. The van der Waals surface area contributed by atoms with Crippen LogP contribution in [0.1, 0.15) is 17.0 Å². The van der Waals surface area contributed by atoms with Crippen LogP contribution in [0, 0.1) is 6.92 Å². The van der Waals surface area contributed by atoms with Crippen LogP contribution in [-0.4, -0.2) is 23.9 Å². The standard InChI is InChI=1S/C21H22N4O3/c1-14-24-20(22-11-15-3-6-17(26-2)7-4-15)10-21(25-14)23-12-16-5-8-18-19(9-16)28-13-27-18/h3-10H,11-13H2,1-2H3,(H2,22,23,24,25). The maximum atomic E-state index is 5.42. The molecule has 144 valence electrons. The van der Waals surface area contributed by atoms with Crippen LogP contribution in [0.5, 0.6) is 17.2 Å². The molecule has 1 aliphatic rings. The highest BCUT2D eigenvalue weighted by molar-refractivity contribution is 5.49. The van der Waals surface area contributed by atoms with E-state index in [2.05, 4.69) is 20.6 Å². The van der Waals surface area contributed by atoms with Gasteiger partial charge in [0.25, 0.3) is 0 Å². The lowest BCUT2D eigenvalue weighted by Crippen LogP contribution is -2.07. The first-order valence-corrected chi connectivity index (χ1v) is 9.04. The van der Waals surface area contributed by atoms with Gasteiger partial charge < -0.3 is 24.8 Å². The minimum atomic E-state index is 0.278. The van der Waals surface area contributed by atoms with E-state index in [4.69, 9.17) is 14.2 Å². The average molecular weight is 378 g/mol. The highest BCUT2D eigenvalue weighted by Gasteiger charge is 2.13. The molecule has 0 saturated heterocycles. The van der Waals surface area contributed by atoms with Gasteiger partial charge in [0.05, 0.1) is 7.11 Å². The molecule has 0 amide bonds. The Bertz CT molecular complexity index is 960. The Kier molecular flexibility index (Phi) is 5.14. The number of hydrogen-bond acceptors (Lipinski definition) is 7. The zero-order chi connectivity index (χ0) is 19.3. The molecule has 0 saturated carbocycles. The van der Waals surface area contributed by atoms with E-state index in [1.165, 1.54) is 0 Å². The zero-order valence-electron chi connectivity index (χ0n) is 15.9. The molecule has 2 aromatic carbocycles. The van der Waals surface area contributed by atoms with Crippen LogP contribution < -0.4 is 24.8 Å². The van der Waals surface area contributed by atoms with Crippen molar-refractivity contribution in [3.05, 3.63) is 65.5 Å². The topological polar surface area (TPSA) is 77.5 Å². The Morgan fingerprint density at radius 3 is 2.21 bits per heavy atom. The number of nitrogens with zero attached hydrogens (tertiary/aromatic N) is 2. The molecular weight excluding hydrogens is 356 g/mol. The summed E-state index contributed by atoms with van der Waals surface area (Å²) in [5.74, 6) is 4.65. The van der Waals surface area contributed by atoms with Gasteiger partial charge in [-0.15, -0.1) is 0 Å². The van der Waals surface area contributed by atoms with Crippen molar-refractivity contribution in [2.24, 2.45) is 0 Å². The second kappa shape index (κ2) is 8.04. The first kappa shape index (κ1) is 17.9. The fourth-order valence-corrected chi connectivity index (χ4v) is 2.93. The van der Waals surface area contributed by atoms with Gasteiger partial charge >= 0.3 is 0 Å². The summed E-state index contributed by atoms with van der Waals surface area (Å²) in [5, 5.41) is 6.69. The summed E-state index contributed by atoms with van der Waals surface area (Å²) in [6.45, 7) is 3.46. The largest absolute Gasteiger partial charge is 0.497 e. The second-order valence-electron chi connectivity index (χ2n) is 6.43. The summed E-state index contributed by atoms with van der Waals surface area (Å²) >= 11 is 0. The SMILES string of the molecule is COc1ccc(CNc2cc(NCc3ccc4c(c3)OCO4)nc(C)n2)cc1. The Balaban J connectivity index is 1.38. The second-order valence-corrected chi connectivity index (χ2v) is 6.43. The van der Waals surface area contributed by atoms with Crippen LogP contribution in [0.25, 0.3) is 0 Å². The Hall–Kier alpha value is -3.48. The molecule has 7 heteroatoms. The highest BCUT2D eigenvalue weighted by atomic mass is 16.7. The van der Waals surface area contributed by atoms with E-state index < -0.39 is 0 Å². The summed E-state index contributed by atoms with van der Waals surface area (Å²) in [6.07, 6.45) is 0. The van der Waals surface area contributed by atoms with E-state index in [0.717, 1.165) is 40.0 Å². The number of benzene rings is 2. The van der Waals surface area contributed by atoms with Crippen molar-refractivity contribution in [2.75, 3.05) is 24.5 Å². The van der Waals surface area contributed by atoms with E-state index in [1.807, 2.05) is 55.5 Å². The van der Waals surface area contributed by atoms with Gasteiger partial charge in [-0.1, -0.05) is 18.2 Å². The molecule has 0 spiro atoms. The van der Waals surface area contributed by atoms with Crippen LogP contribution in [0.3, 0.4) is 0 Å². The molecule has 1 aliphatic heterocycles. The molecular formula is C21H22N4O3. The summed E-state index contributed by atoms with van der Waals surface area (Å²) in [7, 11) is 1.66. The van der Waals surface area contributed by atoms with E-state index >= 15 is 0 Å². The van der Waals surface area contributed by atoms with E-state index in [1.54, 1.807) is 7.11 Å². The Morgan fingerprint density at radius 1 is 0.857 bits per heavy atom. The normalized spacial score (nSPS) is 11.9. The van der Waals surface area contributed by atoms with Crippen LogP contribution >= 0.6 is 0 Å². The zero-order valence-corrected chi connectivity index (χ0v) is 15.9. The van der Waals surface area contributed by atoms with Crippen molar-refractivity contribution >= 4 is 11.6 Å². The van der Waals surface area contributed by atoms with Crippen molar-refractivity contribution in [3.63, 3.8) is 0 Å². The van der Waals surface area contributed by atoms with Gasteiger partial charge in [0.2, 0.25) is 6.79 Å². The molecule has 0 fully saturated rings.